The minimum Gasteiger partial charge on any atom is -0.350 e. The van der Waals surface area contributed by atoms with E-state index in [1.807, 2.05) is 23.0 Å². The van der Waals surface area contributed by atoms with E-state index in [1.165, 1.54) is 23.3 Å². The predicted molar refractivity (Wildman–Crippen MR) is 92.7 cm³/mol. The summed E-state index contributed by atoms with van der Waals surface area (Å²) in [6.07, 6.45) is 1.62. The van der Waals surface area contributed by atoms with Crippen molar-refractivity contribution in [2.45, 2.75) is 19.7 Å². The predicted octanol–water partition coefficient (Wildman–Crippen LogP) is 3.31. The molecule has 0 N–H and O–H groups in total. The number of halogens is 1. The van der Waals surface area contributed by atoms with Crippen molar-refractivity contribution in [2.24, 2.45) is 0 Å². The first kappa shape index (κ1) is 15.8. The average molecular weight is 338 g/mol. The van der Waals surface area contributed by atoms with Crippen LogP contribution in [0.5, 0.6) is 0 Å². The van der Waals surface area contributed by atoms with E-state index in [1.54, 1.807) is 12.1 Å². The summed E-state index contributed by atoms with van der Waals surface area (Å²) in [6.45, 7) is 4.10. The Morgan fingerprint density at radius 3 is 2.76 bits per heavy atom. The van der Waals surface area contributed by atoms with E-state index in [0.717, 1.165) is 17.9 Å². The maximum Gasteiger partial charge on any atom is 0.177 e. The van der Waals surface area contributed by atoms with Crippen molar-refractivity contribution in [1.29, 1.82) is 0 Å². The van der Waals surface area contributed by atoms with Crippen molar-refractivity contribution in [3.05, 3.63) is 77.4 Å². The Morgan fingerprint density at radius 2 is 1.96 bits per heavy atom. The molecule has 5 nitrogen and oxygen atoms in total. The summed E-state index contributed by atoms with van der Waals surface area (Å²) in [5.41, 5.74) is 4.11. The third kappa shape index (κ3) is 3.25. The number of aromatic nitrogens is 3. The summed E-state index contributed by atoms with van der Waals surface area (Å²) in [5, 5.41) is 8.53. The van der Waals surface area contributed by atoms with E-state index < -0.39 is 0 Å². The quantitative estimate of drug-likeness (QED) is 0.732. The van der Waals surface area contributed by atoms with Crippen molar-refractivity contribution in [1.82, 2.24) is 15.0 Å². The van der Waals surface area contributed by atoms with Crippen LogP contribution in [0.4, 0.5) is 10.1 Å². The first-order valence-electron chi connectivity index (χ1n) is 8.29. The van der Waals surface area contributed by atoms with Gasteiger partial charge >= 0.3 is 0 Å². The molecule has 0 spiro atoms. The number of aryl methyl sites for hydroxylation is 1. The SMILES string of the molecule is Cc1ccccc1Cn1cc([C@@H]2OCCN2c2ccc(F)cc2)nn1. The molecule has 4 rings (SSSR count). The Labute approximate surface area is 145 Å². The van der Waals surface area contributed by atoms with Gasteiger partial charge in [-0.2, -0.15) is 0 Å². The van der Waals surface area contributed by atoms with Crippen molar-refractivity contribution in [3.63, 3.8) is 0 Å². The summed E-state index contributed by atoms with van der Waals surface area (Å²) in [5.74, 6) is -0.246. The maximum atomic E-state index is 13.2. The van der Waals surface area contributed by atoms with Gasteiger partial charge in [-0.1, -0.05) is 29.5 Å². The van der Waals surface area contributed by atoms with Gasteiger partial charge in [-0.3, -0.25) is 0 Å². The highest BCUT2D eigenvalue weighted by Gasteiger charge is 2.29. The van der Waals surface area contributed by atoms with Gasteiger partial charge in [0.25, 0.3) is 0 Å². The zero-order valence-electron chi connectivity index (χ0n) is 14.0. The molecular weight excluding hydrogens is 319 g/mol. The fourth-order valence-electron chi connectivity index (χ4n) is 3.08. The van der Waals surface area contributed by atoms with Crippen molar-refractivity contribution >= 4 is 5.69 Å². The van der Waals surface area contributed by atoms with E-state index in [0.29, 0.717) is 13.2 Å². The Bertz CT molecular complexity index is 862. The van der Waals surface area contributed by atoms with E-state index in [2.05, 4.69) is 34.3 Å². The zero-order valence-corrected chi connectivity index (χ0v) is 14.0. The molecule has 0 radical (unpaired) electrons. The molecule has 0 saturated carbocycles. The summed E-state index contributed by atoms with van der Waals surface area (Å²) in [4.78, 5) is 2.07. The molecule has 0 amide bonds. The van der Waals surface area contributed by atoms with Gasteiger partial charge in [0.15, 0.2) is 6.23 Å². The molecule has 1 aromatic heterocycles. The molecule has 0 bridgehead atoms. The number of rotatable bonds is 4. The Balaban J connectivity index is 1.54. The van der Waals surface area contributed by atoms with Crippen LogP contribution in [-0.2, 0) is 11.3 Å². The monoisotopic (exact) mass is 338 g/mol. The van der Waals surface area contributed by atoms with Gasteiger partial charge in [0.2, 0.25) is 0 Å². The van der Waals surface area contributed by atoms with E-state index in [9.17, 15) is 4.39 Å². The fraction of sp³-hybridized carbons (Fsp3) is 0.263. The lowest BCUT2D eigenvalue weighted by Crippen LogP contribution is -2.23. The lowest BCUT2D eigenvalue weighted by Gasteiger charge is -2.23. The molecule has 0 unspecified atom stereocenters. The molecule has 3 aromatic rings. The summed E-state index contributed by atoms with van der Waals surface area (Å²) < 4.78 is 20.8. The number of benzene rings is 2. The average Bonchev–Trinajstić information content (AvgIpc) is 3.27. The van der Waals surface area contributed by atoms with Crippen LogP contribution in [0.2, 0.25) is 0 Å². The van der Waals surface area contributed by atoms with Gasteiger partial charge in [0.05, 0.1) is 19.3 Å². The molecule has 1 fully saturated rings. The highest BCUT2D eigenvalue weighted by molar-refractivity contribution is 5.48. The lowest BCUT2D eigenvalue weighted by molar-refractivity contribution is 0.110. The minimum absolute atomic E-state index is 0.246. The molecule has 1 aliphatic heterocycles. The summed E-state index contributed by atoms with van der Waals surface area (Å²) in [6, 6.07) is 14.7. The van der Waals surface area contributed by atoms with Gasteiger partial charge in [-0.05, 0) is 42.3 Å². The van der Waals surface area contributed by atoms with Gasteiger partial charge < -0.3 is 9.64 Å². The standard InChI is InChI=1S/C19H19FN4O/c1-14-4-2-3-5-15(14)12-23-13-18(21-22-23)19-24(10-11-25-19)17-8-6-16(20)7-9-17/h2-9,13,19H,10-12H2,1H3/t19-/m0/s1. The molecule has 128 valence electrons. The van der Waals surface area contributed by atoms with Crippen molar-refractivity contribution in [3.8, 4) is 0 Å². The van der Waals surface area contributed by atoms with E-state index >= 15 is 0 Å². The van der Waals surface area contributed by atoms with Crippen LogP contribution in [0.3, 0.4) is 0 Å². The summed E-state index contributed by atoms with van der Waals surface area (Å²) >= 11 is 0. The van der Waals surface area contributed by atoms with Crippen molar-refractivity contribution in [2.75, 3.05) is 18.1 Å². The van der Waals surface area contributed by atoms with Crippen LogP contribution >= 0.6 is 0 Å². The normalized spacial score (nSPS) is 17.2. The molecule has 2 heterocycles. The van der Waals surface area contributed by atoms with E-state index in [4.69, 9.17) is 4.74 Å². The molecular formula is C19H19FN4O. The number of ether oxygens (including phenoxy) is 1. The third-order valence-corrected chi connectivity index (χ3v) is 4.45. The Morgan fingerprint density at radius 1 is 1.16 bits per heavy atom. The van der Waals surface area contributed by atoms with Crippen LogP contribution < -0.4 is 4.90 Å². The smallest absolute Gasteiger partial charge is 0.177 e. The van der Waals surface area contributed by atoms with Crippen LogP contribution in [0.15, 0.2) is 54.7 Å². The molecule has 25 heavy (non-hydrogen) atoms. The second-order valence-corrected chi connectivity index (χ2v) is 6.16. The van der Waals surface area contributed by atoms with Crippen LogP contribution in [0, 0.1) is 12.7 Å². The first-order valence-corrected chi connectivity index (χ1v) is 8.29. The molecule has 2 aromatic carbocycles. The lowest BCUT2D eigenvalue weighted by atomic mass is 10.1. The van der Waals surface area contributed by atoms with E-state index in [-0.39, 0.29) is 12.0 Å². The third-order valence-electron chi connectivity index (χ3n) is 4.45. The van der Waals surface area contributed by atoms with Crippen molar-refractivity contribution < 1.29 is 9.13 Å². The highest BCUT2D eigenvalue weighted by atomic mass is 19.1. The van der Waals surface area contributed by atoms with Gasteiger partial charge in [-0.15, -0.1) is 5.10 Å². The van der Waals surface area contributed by atoms with Crippen LogP contribution in [0.1, 0.15) is 23.0 Å². The second-order valence-electron chi connectivity index (χ2n) is 6.16. The molecule has 1 aliphatic rings. The fourth-order valence-corrected chi connectivity index (χ4v) is 3.08. The minimum atomic E-state index is -0.295. The Kier molecular flexibility index (Phi) is 4.19. The molecule has 1 atom stereocenters. The second kappa shape index (κ2) is 6.64. The number of nitrogens with zero attached hydrogens (tertiary/aromatic N) is 4. The molecule has 1 saturated heterocycles. The largest absolute Gasteiger partial charge is 0.350 e. The molecule has 6 heteroatoms. The molecule has 0 aliphatic carbocycles. The van der Waals surface area contributed by atoms with Crippen LogP contribution in [-0.4, -0.2) is 28.1 Å². The zero-order chi connectivity index (χ0) is 17.2. The number of anilines is 1. The maximum absolute atomic E-state index is 13.2. The topological polar surface area (TPSA) is 43.2 Å². The van der Waals surface area contributed by atoms with Gasteiger partial charge in [0.1, 0.15) is 11.5 Å². The summed E-state index contributed by atoms with van der Waals surface area (Å²) in [7, 11) is 0. The number of hydrogen-bond acceptors (Lipinski definition) is 4. The number of hydrogen-bond donors (Lipinski definition) is 0. The Hall–Kier alpha value is -2.73. The van der Waals surface area contributed by atoms with Gasteiger partial charge in [0, 0.05) is 12.2 Å². The van der Waals surface area contributed by atoms with Gasteiger partial charge in [-0.25, -0.2) is 9.07 Å². The first-order chi connectivity index (χ1) is 12.2. The highest BCUT2D eigenvalue weighted by Crippen LogP contribution is 2.31. The van der Waals surface area contributed by atoms with Crippen LogP contribution in [0.25, 0.3) is 0 Å².